The van der Waals surface area contributed by atoms with Crippen LogP contribution in [0.3, 0.4) is 0 Å². The van der Waals surface area contributed by atoms with E-state index in [2.05, 4.69) is 0 Å². The summed E-state index contributed by atoms with van der Waals surface area (Å²) < 4.78 is 59.7. The summed E-state index contributed by atoms with van der Waals surface area (Å²) >= 11 is 0. The van der Waals surface area contributed by atoms with Crippen molar-refractivity contribution in [2.75, 3.05) is 46.5 Å². The Hall–Kier alpha value is -3.80. The van der Waals surface area contributed by atoms with Crippen LogP contribution in [0.1, 0.15) is 87.4 Å². The molecule has 2 aliphatic rings. The molecule has 0 unspecified atom stereocenters. The number of likely N-dealkylation sites (tertiary alicyclic amines) is 2. The Morgan fingerprint density at radius 1 is 0.958 bits per heavy atom. The molecule has 2 aliphatic heterocycles. The molecule has 2 heterocycles. The molecule has 2 saturated heterocycles. The van der Waals surface area contributed by atoms with Crippen LogP contribution in [0.15, 0.2) is 36.4 Å². The summed E-state index contributed by atoms with van der Waals surface area (Å²) in [4.78, 5) is 45.0. The molecule has 9 nitrogen and oxygen atoms in total. The third kappa shape index (κ3) is 9.42. The molecule has 2 aromatic carbocycles. The van der Waals surface area contributed by atoms with E-state index in [-0.39, 0.29) is 54.6 Å². The van der Waals surface area contributed by atoms with Gasteiger partial charge in [-0.1, -0.05) is 0 Å². The average Bonchev–Trinajstić information content (AvgIpc) is 3.02. The van der Waals surface area contributed by atoms with E-state index >= 15 is 4.39 Å². The number of benzene rings is 2. The van der Waals surface area contributed by atoms with Gasteiger partial charge in [0.25, 0.3) is 17.7 Å². The second-order valence-corrected chi connectivity index (χ2v) is 13.8. The Balaban J connectivity index is 1.63. The molecule has 0 bridgehead atoms. The molecule has 0 N–H and O–H groups in total. The lowest BCUT2D eigenvalue weighted by Crippen LogP contribution is -2.54. The van der Waals surface area contributed by atoms with Gasteiger partial charge in [-0.25, -0.2) is 18.0 Å². The number of piperidine rings is 2. The van der Waals surface area contributed by atoms with Gasteiger partial charge < -0.3 is 28.9 Å². The van der Waals surface area contributed by atoms with Crippen LogP contribution in [-0.4, -0.2) is 103 Å². The Morgan fingerprint density at radius 3 is 2.29 bits per heavy atom. The summed E-state index contributed by atoms with van der Waals surface area (Å²) in [5.74, 6) is -3.88. The van der Waals surface area contributed by atoms with Gasteiger partial charge in [0, 0.05) is 87.5 Å². The number of rotatable bonds is 10. The Morgan fingerprint density at radius 2 is 1.65 bits per heavy atom. The molecule has 2 aromatic rings. The maximum Gasteiger partial charge on any atom is 0.410 e. The Labute approximate surface area is 281 Å². The molecule has 48 heavy (non-hydrogen) atoms. The maximum absolute atomic E-state index is 15.4. The van der Waals surface area contributed by atoms with Crippen LogP contribution in [-0.2, 0) is 9.47 Å². The van der Waals surface area contributed by atoms with Crippen LogP contribution in [0.4, 0.5) is 18.0 Å². The number of carbonyl (C=O) groups is 3. The van der Waals surface area contributed by atoms with Crippen LogP contribution in [0.25, 0.3) is 11.1 Å². The zero-order valence-electron chi connectivity index (χ0n) is 28.8. The van der Waals surface area contributed by atoms with Gasteiger partial charge >= 0.3 is 6.09 Å². The van der Waals surface area contributed by atoms with Crippen molar-refractivity contribution in [3.8, 4) is 16.9 Å². The van der Waals surface area contributed by atoms with Crippen molar-refractivity contribution in [3.05, 3.63) is 53.3 Å². The quantitative estimate of drug-likeness (QED) is 0.252. The number of alkyl halides is 2. The number of hydrogen-bond donors (Lipinski definition) is 0. The summed E-state index contributed by atoms with van der Waals surface area (Å²) in [5.41, 5.74) is 0.276. The fraction of sp³-hybridized carbons (Fsp3) is 0.583. The van der Waals surface area contributed by atoms with Crippen molar-refractivity contribution >= 4 is 17.9 Å². The maximum atomic E-state index is 15.4. The SMILES string of the molecule is COCCCOc1cc(C(=O)N(C(C)C)[C@@H]2CCCN(C(=O)OC(C)(C)C)C2)ccc1-c1cc(C(=O)N2CCC(F)(F)CC2)ccc1F. The summed E-state index contributed by atoms with van der Waals surface area (Å²) in [6.07, 6.45) is 0.698. The lowest BCUT2D eigenvalue weighted by Gasteiger charge is -2.41. The van der Waals surface area contributed by atoms with Crippen LogP contribution in [0.2, 0.25) is 0 Å². The van der Waals surface area contributed by atoms with Gasteiger partial charge in [-0.15, -0.1) is 0 Å². The van der Waals surface area contributed by atoms with Crippen LogP contribution in [0, 0.1) is 5.82 Å². The molecule has 4 rings (SSSR count). The number of nitrogens with zero attached hydrogens (tertiary/aromatic N) is 3. The molecular weight excluding hydrogens is 627 g/mol. The lowest BCUT2D eigenvalue weighted by atomic mass is 9.97. The van der Waals surface area contributed by atoms with E-state index in [1.807, 2.05) is 34.6 Å². The predicted octanol–water partition coefficient (Wildman–Crippen LogP) is 7.03. The lowest BCUT2D eigenvalue weighted by molar-refractivity contribution is -0.0494. The standard InChI is InChI=1S/C36H48F3N3O6/c1-24(2)42(27-9-7-16-41(23-27)34(45)48-35(3,4)5)33(44)26-10-12-28(31(22-26)47-20-8-19-46-6)29-21-25(11-13-30(29)37)32(43)40-17-14-36(38,39)15-18-40/h10-13,21-22,24,27H,7-9,14-20,23H2,1-6H3/t27-/m1/s1. The number of methoxy groups -OCH3 is 1. The van der Waals surface area contributed by atoms with E-state index in [1.54, 1.807) is 35.1 Å². The minimum Gasteiger partial charge on any atom is -0.493 e. The molecule has 0 saturated carbocycles. The molecule has 0 aliphatic carbocycles. The largest absolute Gasteiger partial charge is 0.493 e. The smallest absolute Gasteiger partial charge is 0.410 e. The zero-order chi connectivity index (χ0) is 35.2. The highest BCUT2D eigenvalue weighted by Gasteiger charge is 2.37. The molecule has 12 heteroatoms. The van der Waals surface area contributed by atoms with Gasteiger partial charge in [0.2, 0.25) is 0 Å². The fourth-order valence-electron chi connectivity index (χ4n) is 6.11. The summed E-state index contributed by atoms with van der Waals surface area (Å²) in [6, 6.07) is 8.25. The van der Waals surface area contributed by atoms with Crippen LogP contribution >= 0.6 is 0 Å². The molecule has 0 radical (unpaired) electrons. The van der Waals surface area contributed by atoms with E-state index in [0.717, 1.165) is 0 Å². The first-order valence-corrected chi connectivity index (χ1v) is 16.6. The third-order valence-electron chi connectivity index (χ3n) is 8.50. The Kier molecular flexibility index (Phi) is 12.0. The summed E-state index contributed by atoms with van der Waals surface area (Å²) in [7, 11) is 1.57. The van der Waals surface area contributed by atoms with Crippen molar-refractivity contribution in [2.24, 2.45) is 0 Å². The monoisotopic (exact) mass is 675 g/mol. The number of ether oxygens (including phenoxy) is 3. The fourth-order valence-corrected chi connectivity index (χ4v) is 6.11. The van der Waals surface area contributed by atoms with Gasteiger partial charge in [-0.2, -0.15) is 0 Å². The van der Waals surface area contributed by atoms with E-state index in [1.165, 1.54) is 23.1 Å². The minimum absolute atomic E-state index is 0.0879. The van der Waals surface area contributed by atoms with Crippen molar-refractivity contribution in [2.45, 2.75) is 90.3 Å². The third-order valence-corrected chi connectivity index (χ3v) is 8.50. The first kappa shape index (κ1) is 37.0. The second-order valence-electron chi connectivity index (χ2n) is 13.8. The molecule has 0 spiro atoms. The van der Waals surface area contributed by atoms with Crippen LogP contribution < -0.4 is 4.74 Å². The van der Waals surface area contributed by atoms with E-state index < -0.39 is 42.2 Å². The first-order chi connectivity index (χ1) is 22.6. The average molecular weight is 676 g/mol. The molecule has 0 aromatic heterocycles. The van der Waals surface area contributed by atoms with Gasteiger partial charge in [0.15, 0.2) is 0 Å². The summed E-state index contributed by atoms with van der Waals surface area (Å²) in [5, 5.41) is 0. The van der Waals surface area contributed by atoms with Crippen molar-refractivity contribution in [3.63, 3.8) is 0 Å². The predicted molar refractivity (Wildman–Crippen MR) is 176 cm³/mol. The highest BCUT2D eigenvalue weighted by molar-refractivity contribution is 5.97. The molecular formula is C36H48F3N3O6. The summed E-state index contributed by atoms with van der Waals surface area (Å²) in [6.45, 7) is 10.6. The topological polar surface area (TPSA) is 88.6 Å². The minimum atomic E-state index is -2.81. The first-order valence-electron chi connectivity index (χ1n) is 16.6. The number of amides is 3. The van der Waals surface area contributed by atoms with E-state index in [0.29, 0.717) is 50.1 Å². The van der Waals surface area contributed by atoms with E-state index in [4.69, 9.17) is 14.2 Å². The molecule has 264 valence electrons. The molecule has 1 atom stereocenters. The van der Waals surface area contributed by atoms with Gasteiger partial charge in [-0.05, 0) is 83.9 Å². The number of hydrogen-bond acceptors (Lipinski definition) is 6. The van der Waals surface area contributed by atoms with Crippen molar-refractivity contribution < 1.29 is 41.8 Å². The zero-order valence-corrected chi connectivity index (χ0v) is 28.8. The normalized spacial score (nSPS) is 18.1. The highest BCUT2D eigenvalue weighted by Crippen LogP contribution is 2.36. The Bertz CT molecular complexity index is 1450. The van der Waals surface area contributed by atoms with Crippen molar-refractivity contribution in [1.29, 1.82) is 0 Å². The van der Waals surface area contributed by atoms with Crippen molar-refractivity contribution in [1.82, 2.24) is 14.7 Å². The van der Waals surface area contributed by atoms with Gasteiger partial charge in [0.1, 0.15) is 17.2 Å². The number of carbonyl (C=O) groups excluding carboxylic acids is 3. The van der Waals surface area contributed by atoms with Crippen LogP contribution in [0.5, 0.6) is 5.75 Å². The van der Waals surface area contributed by atoms with Gasteiger partial charge in [-0.3, -0.25) is 9.59 Å². The van der Waals surface area contributed by atoms with E-state index in [9.17, 15) is 23.2 Å². The van der Waals surface area contributed by atoms with Gasteiger partial charge in [0.05, 0.1) is 12.6 Å². The second kappa shape index (κ2) is 15.6. The number of halogens is 3. The molecule has 3 amide bonds. The molecule has 2 fully saturated rings. The highest BCUT2D eigenvalue weighted by atomic mass is 19.3.